The van der Waals surface area contributed by atoms with Gasteiger partial charge in [0.25, 0.3) is 5.91 Å². The van der Waals surface area contributed by atoms with Crippen LogP contribution in [0.1, 0.15) is 36.5 Å². The highest BCUT2D eigenvalue weighted by atomic mass is 35.5. The Morgan fingerprint density at radius 2 is 1.61 bits per heavy atom. The fraction of sp³-hybridized carbons (Fsp3) is 0.600. The van der Waals surface area contributed by atoms with Gasteiger partial charge in [-0.1, -0.05) is 13.0 Å². The number of nitrogens with zero attached hydrogens (tertiary/aromatic N) is 2. The fourth-order valence-corrected chi connectivity index (χ4v) is 4.00. The summed E-state index contributed by atoms with van der Waals surface area (Å²) in [5, 5.41) is 3.34. The van der Waals surface area contributed by atoms with Gasteiger partial charge in [-0.25, -0.2) is 8.78 Å². The number of halogens is 3. The van der Waals surface area contributed by atoms with Crippen molar-refractivity contribution in [3.8, 4) is 0 Å². The largest absolute Gasteiger partial charge is 0.339 e. The number of benzene rings is 1. The van der Waals surface area contributed by atoms with Gasteiger partial charge in [-0.15, -0.1) is 12.4 Å². The summed E-state index contributed by atoms with van der Waals surface area (Å²) in [6.07, 6.45) is 2.72. The second-order valence-electron chi connectivity index (χ2n) is 7.54. The summed E-state index contributed by atoms with van der Waals surface area (Å²) in [5.41, 5.74) is -0.517. The van der Waals surface area contributed by atoms with E-state index in [2.05, 4.69) is 12.2 Å². The Morgan fingerprint density at radius 1 is 1.07 bits per heavy atom. The first-order valence-corrected chi connectivity index (χ1v) is 9.69. The van der Waals surface area contributed by atoms with Crippen LogP contribution in [0.5, 0.6) is 0 Å². The Morgan fingerprint density at radius 3 is 2.18 bits per heavy atom. The topological polar surface area (TPSA) is 52.7 Å². The van der Waals surface area contributed by atoms with E-state index in [1.165, 1.54) is 11.0 Å². The molecule has 1 aromatic carbocycles. The summed E-state index contributed by atoms with van der Waals surface area (Å²) in [7, 11) is 0. The average Bonchev–Trinajstić information content (AvgIpc) is 2.68. The molecule has 28 heavy (non-hydrogen) atoms. The van der Waals surface area contributed by atoms with Crippen molar-refractivity contribution in [3.63, 3.8) is 0 Å². The average molecular weight is 416 g/mol. The first-order chi connectivity index (χ1) is 13.0. The predicted molar refractivity (Wildman–Crippen MR) is 105 cm³/mol. The molecule has 2 fully saturated rings. The monoisotopic (exact) mass is 415 g/mol. The molecule has 0 aromatic heterocycles. The van der Waals surface area contributed by atoms with Crippen molar-refractivity contribution >= 4 is 24.2 Å². The molecule has 0 saturated carbocycles. The van der Waals surface area contributed by atoms with Crippen molar-refractivity contribution in [2.24, 2.45) is 11.8 Å². The van der Waals surface area contributed by atoms with Gasteiger partial charge < -0.3 is 15.1 Å². The van der Waals surface area contributed by atoms with E-state index < -0.39 is 23.1 Å². The van der Waals surface area contributed by atoms with E-state index >= 15 is 0 Å². The zero-order valence-electron chi connectivity index (χ0n) is 16.1. The highest BCUT2D eigenvalue weighted by Crippen LogP contribution is 2.25. The minimum Gasteiger partial charge on any atom is -0.339 e. The fourth-order valence-electron chi connectivity index (χ4n) is 4.00. The lowest BCUT2D eigenvalue weighted by atomic mass is 9.84. The van der Waals surface area contributed by atoms with Crippen LogP contribution in [0, 0.1) is 23.5 Å². The molecule has 0 radical (unpaired) electrons. The van der Waals surface area contributed by atoms with Crippen LogP contribution in [0.15, 0.2) is 18.2 Å². The van der Waals surface area contributed by atoms with Gasteiger partial charge in [-0.2, -0.15) is 0 Å². The van der Waals surface area contributed by atoms with Crippen molar-refractivity contribution in [1.82, 2.24) is 15.1 Å². The molecule has 0 spiro atoms. The van der Waals surface area contributed by atoms with Crippen LogP contribution in [0.2, 0.25) is 0 Å². The van der Waals surface area contributed by atoms with Gasteiger partial charge in [0.15, 0.2) is 0 Å². The van der Waals surface area contributed by atoms with Gasteiger partial charge in [-0.3, -0.25) is 9.59 Å². The van der Waals surface area contributed by atoms with Gasteiger partial charge in [0, 0.05) is 32.6 Å². The third kappa shape index (κ3) is 5.20. The Kier molecular flexibility index (Phi) is 8.19. The second-order valence-corrected chi connectivity index (χ2v) is 7.54. The lowest BCUT2D eigenvalue weighted by molar-refractivity contribution is -0.134. The Bertz CT molecular complexity index is 670. The standard InChI is InChI=1S/C20H27F2N3O2.ClH/c1-14(15-5-7-23-8-6-15)13-18(26)24-9-11-25(12-10-24)20(27)19-16(21)3-2-4-17(19)22;/h2-4,14-15,23H,5-13H2,1H3;1H. The number of nitrogens with one attached hydrogen (secondary N) is 1. The van der Waals surface area contributed by atoms with Crippen LogP contribution >= 0.6 is 12.4 Å². The van der Waals surface area contributed by atoms with Crippen LogP contribution in [0.25, 0.3) is 0 Å². The zero-order chi connectivity index (χ0) is 19.4. The summed E-state index contributed by atoms with van der Waals surface area (Å²) in [6.45, 7) is 5.54. The number of carbonyl (C=O) groups excluding carboxylic acids is 2. The number of hydrogen-bond donors (Lipinski definition) is 1. The molecular weight excluding hydrogens is 388 g/mol. The first-order valence-electron chi connectivity index (χ1n) is 9.69. The zero-order valence-corrected chi connectivity index (χ0v) is 16.9. The van der Waals surface area contributed by atoms with Crippen LogP contribution in [0.3, 0.4) is 0 Å². The quantitative estimate of drug-likeness (QED) is 0.822. The molecule has 1 unspecified atom stereocenters. The molecule has 0 bridgehead atoms. The molecule has 156 valence electrons. The van der Waals surface area contributed by atoms with E-state index in [9.17, 15) is 18.4 Å². The van der Waals surface area contributed by atoms with Crippen LogP contribution in [0.4, 0.5) is 8.78 Å². The molecule has 2 heterocycles. The molecule has 3 rings (SSSR count). The molecule has 2 amide bonds. The number of piperidine rings is 1. The number of rotatable bonds is 4. The van der Waals surface area contributed by atoms with Gasteiger partial charge >= 0.3 is 0 Å². The van der Waals surface area contributed by atoms with Gasteiger partial charge in [-0.05, 0) is 49.9 Å². The predicted octanol–water partition coefficient (Wildman–Crippen LogP) is 2.70. The van der Waals surface area contributed by atoms with Crippen molar-refractivity contribution in [3.05, 3.63) is 35.4 Å². The SMILES string of the molecule is CC(CC(=O)N1CCN(C(=O)c2c(F)cccc2F)CC1)C1CCNCC1.Cl. The minimum atomic E-state index is -0.852. The smallest absolute Gasteiger partial charge is 0.259 e. The van der Waals surface area contributed by atoms with Crippen LogP contribution in [-0.2, 0) is 4.79 Å². The van der Waals surface area contributed by atoms with Crippen LogP contribution in [-0.4, -0.2) is 60.9 Å². The van der Waals surface area contributed by atoms with Crippen molar-refractivity contribution in [2.45, 2.75) is 26.2 Å². The Labute approximate surface area is 170 Å². The maximum Gasteiger partial charge on any atom is 0.259 e. The maximum atomic E-state index is 13.8. The van der Waals surface area contributed by atoms with E-state index in [0.717, 1.165) is 38.1 Å². The van der Waals surface area contributed by atoms with E-state index in [0.29, 0.717) is 44.4 Å². The molecule has 1 N–H and O–H groups in total. The summed E-state index contributed by atoms with van der Waals surface area (Å²) >= 11 is 0. The van der Waals surface area contributed by atoms with E-state index in [1.54, 1.807) is 4.90 Å². The number of piperazine rings is 1. The molecule has 1 atom stereocenters. The first kappa shape index (κ1) is 22.6. The molecular formula is C20H28ClF2N3O2. The van der Waals surface area contributed by atoms with E-state index in [1.807, 2.05) is 0 Å². The Balaban J connectivity index is 0.00000280. The molecule has 2 saturated heterocycles. The third-order valence-corrected chi connectivity index (χ3v) is 5.78. The molecule has 2 aliphatic heterocycles. The van der Waals surface area contributed by atoms with Gasteiger partial charge in [0.1, 0.15) is 17.2 Å². The van der Waals surface area contributed by atoms with E-state index in [4.69, 9.17) is 0 Å². The summed E-state index contributed by atoms with van der Waals surface area (Å²) < 4.78 is 27.6. The highest BCUT2D eigenvalue weighted by molar-refractivity contribution is 5.95. The maximum absolute atomic E-state index is 13.8. The lowest BCUT2D eigenvalue weighted by Gasteiger charge is -2.36. The summed E-state index contributed by atoms with van der Waals surface area (Å²) in [6, 6.07) is 3.40. The van der Waals surface area contributed by atoms with E-state index in [-0.39, 0.29) is 18.3 Å². The number of amides is 2. The molecule has 2 aliphatic rings. The minimum absolute atomic E-state index is 0. The number of carbonyl (C=O) groups is 2. The van der Waals surface area contributed by atoms with Crippen molar-refractivity contribution in [1.29, 1.82) is 0 Å². The molecule has 1 aromatic rings. The Hall–Kier alpha value is -1.73. The normalized spacial score (nSPS) is 19.1. The molecule has 0 aliphatic carbocycles. The van der Waals surface area contributed by atoms with Crippen LogP contribution < -0.4 is 5.32 Å². The summed E-state index contributed by atoms with van der Waals surface area (Å²) in [4.78, 5) is 28.2. The molecule has 5 nitrogen and oxygen atoms in total. The van der Waals surface area contributed by atoms with Crippen molar-refractivity contribution < 1.29 is 18.4 Å². The molecule has 8 heteroatoms. The highest BCUT2D eigenvalue weighted by Gasteiger charge is 2.29. The summed E-state index contributed by atoms with van der Waals surface area (Å²) in [5.74, 6) is -1.34. The van der Waals surface area contributed by atoms with Crippen molar-refractivity contribution in [2.75, 3.05) is 39.3 Å². The lowest BCUT2D eigenvalue weighted by Crippen LogP contribution is -2.51. The number of hydrogen-bond acceptors (Lipinski definition) is 3. The van der Waals surface area contributed by atoms with Gasteiger partial charge in [0.2, 0.25) is 5.91 Å². The van der Waals surface area contributed by atoms with Gasteiger partial charge in [0.05, 0.1) is 0 Å². The second kappa shape index (κ2) is 10.2. The third-order valence-electron chi connectivity index (χ3n) is 5.78.